The summed E-state index contributed by atoms with van der Waals surface area (Å²) in [5.41, 5.74) is 2.23. The second-order valence-electron chi connectivity index (χ2n) is 5.67. The van der Waals surface area contributed by atoms with Crippen molar-refractivity contribution in [2.45, 2.75) is 12.8 Å². The van der Waals surface area contributed by atoms with E-state index in [-0.39, 0.29) is 10.6 Å². The van der Waals surface area contributed by atoms with Gasteiger partial charge in [-0.05, 0) is 42.7 Å². The van der Waals surface area contributed by atoms with Crippen LogP contribution in [-0.4, -0.2) is 26.5 Å². The lowest BCUT2D eigenvalue weighted by molar-refractivity contribution is 0.0953. The molecule has 128 valence electrons. The Hall–Kier alpha value is -2.14. The summed E-state index contributed by atoms with van der Waals surface area (Å²) in [4.78, 5) is 14.0. The van der Waals surface area contributed by atoms with E-state index in [0.29, 0.717) is 6.54 Å². The molecule has 0 radical (unpaired) electrons. The summed E-state index contributed by atoms with van der Waals surface area (Å²) in [6, 6.07) is 9.78. The lowest BCUT2D eigenvalue weighted by Crippen LogP contribution is -2.25. The van der Waals surface area contributed by atoms with Crippen LogP contribution in [0.5, 0.6) is 0 Å². The lowest BCUT2D eigenvalue weighted by atomic mass is 10.1. The van der Waals surface area contributed by atoms with Crippen LogP contribution in [0.1, 0.15) is 22.3 Å². The van der Waals surface area contributed by atoms with Crippen molar-refractivity contribution < 1.29 is 13.6 Å². The van der Waals surface area contributed by atoms with Crippen LogP contribution in [0.4, 0.5) is 14.5 Å². The van der Waals surface area contributed by atoms with Crippen molar-refractivity contribution in [3.63, 3.8) is 0 Å². The maximum atomic E-state index is 13.2. The molecule has 0 atom stereocenters. The third-order valence-corrected chi connectivity index (χ3v) is 3.95. The van der Waals surface area contributed by atoms with Gasteiger partial charge < -0.3 is 10.2 Å². The zero-order valence-electron chi connectivity index (χ0n) is 13.6. The van der Waals surface area contributed by atoms with Gasteiger partial charge in [-0.15, -0.1) is 0 Å². The molecule has 0 fully saturated rings. The van der Waals surface area contributed by atoms with E-state index in [4.69, 9.17) is 11.6 Å². The van der Waals surface area contributed by atoms with Crippen molar-refractivity contribution in [3.05, 3.63) is 64.2 Å². The van der Waals surface area contributed by atoms with Gasteiger partial charge in [-0.25, -0.2) is 8.78 Å². The van der Waals surface area contributed by atoms with Crippen molar-refractivity contribution in [1.29, 1.82) is 0 Å². The Labute approximate surface area is 145 Å². The molecule has 1 amide bonds. The van der Waals surface area contributed by atoms with E-state index in [9.17, 15) is 13.6 Å². The molecule has 0 aliphatic rings. The first-order valence-corrected chi connectivity index (χ1v) is 7.95. The molecule has 0 aromatic heterocycles. The van der Waals surface area contributed by atoms with E-state index in [1.165, 1.54) is 5.56 Å². The maximum absolute atomic E-state index is 13.2. The minimum absolute atomic E-state index is 0.0640. The van der Waals surface area contributed by atoms with Crippen LogP contribution in [0.25, 0.3) is 0 Å². The predicted octanol–water partition coefficient (Wildman–Crippen LogP) is 4.05. The molecule has 0 saturated heterocycles. The van der Waals surface area contributed by atoms with Gasteiger partial charge in [0.05, 0.1) is 10.6 Å². The number of aryl methyl sites for hydroxylation is 1. The van der Waals surface area contributed by atoms with Crippen molar-refractivity contribution >= 4 is 23.2 Å². The first-order valence-electron chi connectivity index (χ1n) is 7.57. The van der Waals surface area contributed by atoms with Crippen molar-refractivity contribution in [2.24, 2.45) is 0 Å². The number of nitrogens with zero attached hydrogens (tertiary/aromatic N) is 1. The van der Waals surface area contributed by atoms with E-state index in [1.807, 2.05) is 43.3 Å². The topological polar surface area (TPSA) is 32.3 Å². The van der Waals surface area contributed by atoms with Gasteiger partial charge in [-0.3, -0.25) is 4.79 Å². The van der Waals surface area contributed by atoms with Crippen LogP contribution in [0.15, 0.2) is 36.4 Å². The number of carbonyl (C=O) groups is 1. The Kier molecular flexibility index (Phi) is 6.15. The molecule has 0 heterocycles. The highest BCUT2D eigenvalue weighted by molar-refractivity contribution is 6.33. The van der Waals surface area contributed by atoms with Crippen LogP contribution in [0.2, 0.25) is 5.02 Å². The van der Waals surface area contributed by atoms with E-state index >= 15 is 0 Å². The third kappa shape index (κ3) is 4.68. The first kappa shape index (κ1) is 18.2. The van der Waals surface area contributed by atoms with Crippen molar-refractivity contribution in [3.8, 4) is 0 Å². The molecule has 0 aliphatic heterocycles. The number of nitrogens with one attached hydrogen (secondary N) is 1. The third-order valence-electron chi connectivity index (χ3n) is 3.64. The van der Waals surface area contributed by atoms with Crippen LogP contribution in [0.3, 0.4) is 0 Å². The molecule has 0 bridgehead atoms. The Morgan fingerprint density at radius 1 is 1.12 bits per heavy atom. The van der Waals surface area contributed by atoms with Gasteiger partial charge in [-0.1, -0.05) is 23.7 Å². The van der Waals surface area contributed by atoms with Crippen LogP contribution >= 0.6 is 11.6 Å². The van der Waals surface area contributed by atoms with Gasteiger partial charge in [0.2, 0.25) is 0 Å². The maximum Gasteiger partial charge on any atom is 0.252 e. The standard InChI is InChI=1S/C18H19ClF2N2O/c1-23(2)13-7-5-12(6-8-13)4-3-9-22-18(24)14-10-16(20)17(21)11-15(14)19/h5-8,10-11H,3-4,9H2,1-2H3,(H,22,24). The second-order valence-corrected chi connectivity index (χ2v) is 6.07. The van der Waals surface area contributed by atoms with Gasteiger partial charge in [0.25, 0.3) is 5.91 Å². The summed E-state index contributed by atoms with van der Waals surface area (Å²) in [5.74, 6) is -2.68. The number of rotatable bonds is 6. The van der Waals surface area contributed by atoms with Gasteiger partial charge in [0, 0.05) is 26.3 Å². The summed E-state index contributed by atoms with van der Waals surface area (Å²) in [6.07, 6.45) is 1.54. The van der Waals surface area contributed by atoms with Crippen molar-refractivity contribution in [1.82, 2.24) is 5.32 Å². The number of hydrogen-bond donors (Lipinski definition) is 1. The summed E-state index contributed by atoms with van der Waals surface area (Å²) >= 11 is 5.77. The Morgan fingerprint density at radius 3 is 2.38 bits per heavy atom. The molecule has 2 aromatic rings. The molecule has 0 saturated carbocycles. The molecular weight excluding hydrogens is 334 g/mol. The summed E-state index contributed by atoms with van der Waals surface area (Å²) in [7, 11) is 3.96. The largest absolute Gasteiger partial charge is 0.378 e. The molecule has 0 spiro atoms. The van der Waals surface area contributed by atoms with Gasteiger partial charge in [-0.2, -0.15) is 0 Å². The highest BCUT2D eigenvalue weighted by Gasteiger charge is 2.14. The summed E-state index contributed by atoms with van der Waals surface area (Å²) < 4.78 is 26.2. The van der Waals surface area contributed by atoms with Crippen LogP contribution in [0, 0.1) is 11.6 Å². The number of benzene rings is 2. The Bertz CT molecular complexity index is 718. The molecule has 6 heteroatoms. The molecule has 3 nitrogen and oxygen atoms in total. The monoisotopic (exact) mass is 352 g/mol. The number of carbonyl (C=O) groups excluding carboxylic acids is 1. The first-order chi connectivity index (χ1) is 11.4. The van der Waals surface area contributed by atoms with E-state index in [1.54, 1.807) is 0 Å². The highest BCUT2D eigenvalue weighted by Crippen LogP contribution is 2.20. The average Bonchev–Trinajstić information content (AvgIpc) is 2.55. The minimum Gasteiger partial charge on any atom is -0.378 e. The minimum atomic E-state index is -1.09. The summed E-state index contributed by atoms with van der Waals surface area (Å²) in [6.45, 7) is 0.420. The molecule has 2 rings (SSSR count). The lowest BCUT2D eigenvalue weighted by Gasteiger charge is -2.12. The second kappa shape index (κ2) is 8.11. The highest BCUT2D eigenvalue weighted by atomic mass is 35.5. The van der Waals surface area contributed by atoms with Crippen LogP contribution in [-0.2, 0) is 6.42 Å². The Morgan fingerprint density at radius 2 is 1.75 bits per heavy atom. The quantitative estimate of drug-likeness (QED) is 0.628. The molecule has 0 aliphatic carbocycles. The molecule has 24 heavy (non-hydrogen) atoms. The fourth-order valence-corrected chi connectivity index (χ4v) is 2.48. The molecule has 2 aromatic carbocycles. The zero-order valence-corrected chi connectivity index (χ0v) is 14.3. The van der Waals surface area contributed by atoms with Gasteiger partial charge in [0.1, 0.15) is 0 Å². The number of hydrogen-bond acceptors (Lipinski definition) is 2. The molecule has 0 unspecified atom stereocenters. The summed E-state index contributed by atoms with van der Waals surface area (Å²) in [5, 5.41) is 2.56. The smallest absolute Gasteiger partial charge is 0.252 e. The van der Waals surface area contributed by atoms with Gasteiger partial charge >= 0.3 is 0 Å². The normalized spacial score (nSPS) is 10.5. The SMILES string of the molecule is CN(C)c1ccc(CCCNC(=O)c2cc(F)c(F)cc2Cl)cc1. The molecular formula is C18H19ClF2N2O. The van der Waals surface area contributed by atoms with Gasteiger partial charge in [0.15, 0.2) is 11.6 Å². The fraction of sp³-hybridized carbons (Fsp3) is 0.278. The van der Waals surface area contributed by atoms with Crippen LogP contribution < -0.4 is 10.2 Å². The number of anilines is 1. The number of amides is 1. The zero-order chi connectivity index (χ0) is 17.7. The number of halogens is 3. The van der Waals surface area contributed by atoms with Crippen molar-refractivity contribution in [2.75, 3.05) is 25.5 Å². The van der Waals surface area contributed by atoms with E-state index in [0.717, 1.165) is 30.7 Å². The molecule has 1 N–H and O–H groups in total. The van der Waals surface area contributed by atoms with E-state index < -0.39 is 17.5 Å². The predicted molar refractivity (Wildman–Crippen MR) is 92.8 cm³/mol. The Balaban J connectivity index is 1.84. The van der Waals surface area contributed by atoms with E-state index in [2.05, 4.69) is 5.32 Å². The average molecular weight is 353 g/mol. The fourth-order valence-electron chi connectivity index (χ4n) is 2.25.